The van der Waals surface area contributed by atoms with Crippen LogP contribution in [-0.4, -0.2) is 17.6 Å². The Hall–Kier alpha value is -1.19. The predicted octanol–water partition coefficient (Wildman–Crippen LogP) is 4.47. The molecule has 0 saturated heterocycles. The van der Waals surface area contributed by atoms with Gasteiger partial charge < -0.3 is 5.32 Å². The second-order valence-electron chi connectivity index (χ2n) is 6.37. The van der Waals surface area contributed by atoms with Crippen LogP contribution in [0.15, 0.2) is 30.3 Å². The van der Waals surface area contributed by atoms with Crippen LogP contribution in [0.1, 0.15) is 43.0 Å². The average molecular weight is 300 g/mol. The van der Waals surface area contributed by atoms with E-state index in [9.17, 15) is 0 Å². The maximum atomic E-state index is 4.98. The summed E-state index contributed by atoms with van der Waals surface area (Å²) in [6.45, 7) is 7.75. The van der Waals surface area contributed by atoms with Gasteiger partial charge in [0.1, 0.15) is 0 Å². The first-order valence-corrected chi connectivity index (χ1v) is 8.75. The zero-order valence-corrected chi connectivity index (χ0v) is 13.9. The number of aromatic nitrogens is 1. The minimum absolute atomic E-state index is 0.543. The SMILES string of the molecule is CC(C)NCCc1sc(C2CC2C)nc1-c1ccccc1. The van der Waals surface area contributed by atoms with Gasteiger partial charge in [0.2, 0.25) is 0 Å². The molecule has 0 radical (unpaired) electrons. The van der Waals surface area contributed by atoms with Gasteiger partial charge in [-0.25, -0.2) is 4.98 Å². The van der Waals surface area contributed by atoms with Gasteiger partial charge in [-0.15, -0.1) is 11.3 Å². The van der Waals surface area contributed by atoms with E-state index in [2.05, 4.69) is 56.4 Å². The first-order valence-electron chi connectivity index (χ1n) is 7.93. The molecule has 3 heteroatoms. The third-order valence-corrected chi connectivity index (χ3v) is 5.34. The summed E-state index contributed by atoms with van der Waals surface area (Å²) < 4.78 is 0. The molecule has 3 rings (SSSR count). The Kier molecular flexibility index (Phi) is 4.41. The molecule has 0 spiro atoms. The smallest absolute Gasteiger partial charge is 0.0969 e. The molecule has 1 N–H and O–H groups in total. The maximum Gasteiger partial charge on any atom is 0.0969 e. The standard InChI is InChI=1S/C18H24N2S/c1-12(2)19-10-9-16-17(14-7-5-4-6-8-14)20-18(21-16)15-11-13(15)3/h4-8,12-13,15,19H,9-11H2,1-3H3. The van der Waals surface area contributed by atoms with Gasteiger partial charge >= 0.3 is 0 Å². The Balaban J connectivity index is 1.83. The van der Waals surface area contributed by atoms with E-state index in [1.54, 1.807) is 0 Å². The number of rotatable bonds is 6. The van der Waals surface area contributed by atoms with Crippen molar-refractivity contribution in [3.05, 3.63) is 40.2 Å². The third kappa shape index (κ3) is 3.53. The molecular weight excluding hydrogens is 276 g/mol. The highest BCUT2D eigenvalue weighted by Gasteiger charge is 2.37. The zero-order chi connectivity index (χ0) is 14.8. The van der Waals surface area contributed by atoms with Gasteiger partial charge in [-0.2, -0.15) is 0 Å². The van der Waals surface area contributed by atoms with Crippen molar-refractivity contribution in [3.8, 4) is 11.3 Å². The zero-order valence-electron chi connectivity index (χ0n) is 13.1. The van der Waals surface area contributed by atoms with Crippen LogP contribution in [-0.2, 0) is 6.42 Å². The van der Waals surface area contributed by atoms with Crippen LogP contribution in [0.25, 0.3) is 11.3 Å². The fraction of sp³-hybridized carbons (Fsp3) is 0.500. The lowest BCUT2D eigenvalue weighted by molar-refractivity contribution is 0.592. The van der Waals surface area contributed by atoms with Gasteiger partial charge in [-0.05, 0) is 18.8 Å². The van der Waals surface area contributed by atoms with Crippen LogP contribution in [0.5, 0.6) is 0 Å². The highest BCUT2D eigenvalue weighted by molar-refractivity contribution is 7.12. The lowest BCUT2D eigenvalue weighted by Crippen LogP contribution is -2.24. The Bertz CT molecular complexity index is 589. The van der Waals surface area contributed by atoms with Crippen LogP contribution in [0.3, 0.4) is 0 Å². The molecule has 1 aromatic carbocycles. The van der Waals surface area contributed by atoms with Crippen molar-refractivity contribution >= 4 is 11.3 Å². The summed E-state index contributed by atoms with van der Waals surface area (Å²) in [6, 6.07) is 11.2. The van der Waals surface area contributed by atoms with E-state index in [0.29, 0.717) is 12.0 Å². The van der Waals surface area contributed by atoms with Crippen LogP contribution < -0.4 is 5.32 Å². The van der Waals surface area contributed by atoms with Crippen molar-refractivity contribution in [1.29, 1.82) is 0 Å². The molecule has 21 heavy (non-hydrogen) atoms. The van der Waals surface area contributed by atoms with Crippen LogP contribution in [0.2, 0.25) is 0 Å². The molecule has 2 unspecified atom stereocenters. The molecule has 1 heterocycles. The molecule has 2 aromatic rings. The topological polar surface area (TPSA) is 24.9 Å². The molecule has 112 valence electrons. The van der Waals surface area contributed by atoms with Gasteiger partial charge in [0, 0.05) is 28.9 Å². The second-order valence-corrected chi connectivity index (χ2v) is 7.48. The monoisotopic (exact) mass is 300 g/mol. The Morgan fingerprint density at radius 2 is 2.00 bits per heavy atom. The van der Waals surface area contributed by atoms with Crippen molar-refractivity contribution in [3.63, 3.8) is 0 Å². The highest BCUT2D eigenvalue weighted by atomic mass is 32.1. The third-order valence-electron chi connectivity index (χ3n) is 4.09. The van der Waals surface area contributed by atoms with Crippen LogP contribution in [0.4, 0.5) is 0 Å². The van der Waals surface area contributed by atoms with E-state index >= 15 is 0 Å². The van der Waals surface area contributed by atoms with Crippen molar-refractivity contribution in [2.75, 3.05) is 6.54 Å². The van der Waals surface area contributed by atoms with Gasteiger partial charge in [-0.3, -0.25) is 0 Å². The number of benzene rings is 1. The summed E-state index contributed by atoms with van der Waals surface area (Å²) in [4.78, 5) is 6.42. The van der Waals surface area contributed by atoms with Crippen molar-refractivity contribution in [2.45, 2.75) is 45.6 Å². The molecule has 0 aliphatic heterocycles. The fourth-order valence-corrected chi connectivity index (χ4v) is 3.99. The van der Waals surface area contributed by atoms with Gasteiger partial charge in [0.25, 0.3) is 0 Å². The molecule has 0 amide bonds. The van der Waals surface area contributed by atoms with Gasteiger partial charge in [0.15, 0.2) is 0 Å². The number of nitrogens with one attached hydrogen (secondary N) is 1. The summed E-state index contributed by atoms with van der Waals surface area (Å²) in [6.07, 6.45) is 2.38. The molecule has 2 atom stereocenters. The van der Waals surface area contributed by atoms with E-state index in [4.69, 9.17) is 4.98 Å². The van der Waals surface area contributed by atoms with Gasteiger partial charge in [0.05, 0.1) is 10.7 Å². The quantitative estimate of drug-likeness (QED) is 0.851. The summed E-state index contributed by atoms with van der Waals surface area (Å²) >= 11 is 1.93. The van der Waals surface area contributed by atoms with Gasteiger partial charge in [-0.1, -0.05) is 51.1 Å². The largest absolute Gasteiger partial charge is 0.314 e. The molecular formula is C18H24N2S. The minimum atomic E-state index is 0.543. The van der Waals surface area contributed by atoms with E-state index in [0.717, 1.165) is 18.9 Å². The molecule has 1 aliphatic carbocycles. The predicted molar refractivity (Wildman–Crippen MR) is 90.9 cm³/mol. The lowest BCUT2D eigenvalue weighted by Gasteiger charge is -2.07. The highest BCUT2D eigenvalue weighted by Crippen LogP contribution is 2.49. The van der Waals surface area contributed by atoms with Crippen LogP contribution in [0, 0.1) is 5.92 Å². The van der Waals surface area contributed by atoms with E-state index in [-0.39, 0.29) is 0 Å². The Labute approximate surface area is 131 Å². The molecule has 1 aromatic heterocycles. The molecule has 1 fully saturated rings. The van der Waals surface area contributed by atoms with E-state index < -0.39 is 0 Å². The molecule has 2 nitrogen and oxygen atoms in total. The lowest BCUT2D eigenvalue weighted by atomic mass is 10.1. The van der Waals surface area contributed by atoms with Crippen molar-refractivity contribution in [2.24, 2.45) is 5.92 Å². The number of thiazole rings is 1. The average Bonchev–Trinajstić information content (AvgIpc) is 3.05. The maximum absolute atomic E-state index is 4.98. The number of hydrogen-bond acceptors (Lipinski definition) is 3. The van der Waals surface area contributed by atoms with Crippen molar-refractivity contribution < 1.29 is 0 Å². The van der Waals surface area contributed by atoms with Crippen molar-refractivity contribution in [1.82, 2.24) is 10.3 Å². The second kappa shape index (κ2) is 6.29. The normalized spacial score (nSPS) is 21.0. The fourth-order valence-electron chi connectivity index (χ4n) is 2.66. The number of nitrogens with zero attached hydrogens (tertiary/aromatic N) is 1. The number of hydrogen-bond donors (Lipinski definition) is 1. The molecule has 1 aliphatic rings. The Morgan fingerprint density at radius 3 is 2.62 bits per heavy atom. The van der Waals surface area contributed by atoms with E-state index in [1.807, 2.05) is 11.3 Å². The van der Waals surface area contributed by atoms with Crippen LogP contribution >= 0.6 is 11.3 Å². The summed E-state index contributed by atoms with van der Waals surface area (Å²) in [5.41, 5.74) is 2.47. The van der Waals surface area contributed by atoms with E-state index in [1.165, 1.54) is 27.6 Å². The first-order chi connectivity index (χ1) is 10.1. The molecule has 0 bridgehead atoms. The Morgan fingerprint density at radius 1 is 1.29 bits per heavy atom. The summed E-state index contributed by atoms with van der Waals surface area (Å²) in [7, 11) is 0. The minimum Gasteiger partial charge on any atom is -0.314 e. The first kappa shape index (κ1) is 14.7. The summed E-state index contributed by atoms with van der Waals surface area (Å²) in [5, 5.41) is 4.86. The summed E-state index contributed by atoms with van der Waals surface area (Å²) in [5.74, 6) is 1.53. The molecule has 1 saturated carbocycles.